The molecule has 0 aliphatic heterocycles. The summed E-state index contributed by atoms with van der Waals surface area (Å²) in [6, 6.07) is 16.3. The van der Waals surface area contributed by atoms with E-state index in [0.717, 1.165) is 33.0 Å². The fourth-order valence-corrected chi connectivity index (χ4v) is 3.82. The van der Waals surface area contributed by atoms with Gasteiger partial charge in [-0.3, -0.25) is 4.98 Å². The standard InChI is InChI=1S/C20H18N4S/c1-24(2)12-17-22-19(16-10-6-7-11-21-16)18-15(13-25-20(18)23-17)14-8-4-3-5-9-14/h3-11,13H,12H2,1-2H3. The van der Waals surface area contributed by atoms with Crippen LogP contribution < -0.4 is 0 Å². The van der Waals surface area contributed by atoms with Crippen molar-refractivity contribution in [3.63, 3.8) is 0 Å². The molecule has 0 spiro atoms. The second-order valence-corrected chi connectivity index (χ2v) is 6.99. The first-order valence-corrected chi connectivity index (χ1v) is 9.00. The molecule has 25 heavy (non-hydrogen) atoms. The van der Waals surface area contributed by atoms with Crippen LogP contribution in [0.2, 0.25) is 0 Å². The fourth-order valence-electron chi connectivity index (χ4n) is 2.86. The van der Waals surface area contributed by atoms with Crippen molar-refractivity contribution < 1.29 is 0 Å². The third kappa shape index (κ3) is 3.16. The molecular formula is C20H18N4S. The number of aromatic nitrogens is 3. The molecule has 0 N–H and O–H groups in total. The van der Waals surface area contributed by atoms with Crippen LogP contribution in [0.4, 0.5) is 0 Å². The number of thiophene rings is 1. The number of hydrogen-bond donors (Lipinski definition) is 0. The molecule has 0 radical (unpaired) electrons. The normalized spacial score (nSPS) is 11.3. The van der Waals surface area contributed by atoms with Gasteiger partial charge in [0.05, 0.1) is 12.2 Å². The Kier molecular flexibility index (Phi) is 4.26. The molecule has 0 saturated heterocycles. The molecule has 5 heteroatoms. The van der Waals surface area contributed by atoms with Gasteiger partial charge in [0.25, 0.3) is 0 Å². The van der Waals surface area contributed by atoms with Gasteiger partial charge in [-0.1, -0.05) is 36.4 Å². The summed E-state index contributed by atoms with van der Waals surface area (Å²) in [6.45, 7) is 0.703. The number of hydrogen-bond acceptors (Lipinski definition) is 5. The van der Waals surface area contributed by atoms with Crippen LogP contribution in [0.1, 0.15) is 5.82 Å². The van der Waals surface area contributed by atoms with Gasteiger partial charge in [0.2, 0.25) is 0 Å². The van der Waals surface area contributed by atoms with Gasteiger partial charge in [-0.25, -0.2) is 9.97 Å². The number of benzene rings is 1. The van der Waals surface area contributed by atoms with Crippen molar-refractivity contribution >= 4 is 21.6 Å². The Balaban J connectivity index is 1.99. The SMILES string of the molecule is CN(C)Cc1nc(-c2ccccn2)c2c(-c3ccccc3)csc2n1. The minimum atomic E-state index is 0.703. The quantitative estimate of drug-likeness (QED) is 0.546. The summed E-state index contributed by atoms with van der Waals surface area (Å²) in [7, 11) is 4.05. The Morgan fingerprint density at radius 3 is 2.48 bits per heavy atom. The maximum Gasteiger partial charge on any atom is 0.144 e. The average Bonchev–Trinajstić information content (AvgIpc) is 3.06. The monoisotopic (exact) mass is 346 g/mol. The molecule has 4 nitrogen and oxygen atoms in total. The smallest absolute Gasteiger partial charge is 0.144 e. The average molecular weight is 346 g/mol. The molecule has 3 heterocycles. The number of fused-ring (bicyclic) bond motifs is 1. The third-order valence-corrected chi connectivity index (χ3v) is 4.80. The fraction of sp³-hybridized carbons (Fsp3) is 0.150. The molecule has 124 valence electrons. The number of pyridine rings is 1. The van der Waals surface area contributed by atoms with Gasteiger partial charge in [0.15, 0.2) is 0 Å². The first-order valence-electron chi connectivity index (χ1n) is 8.12. The van der Waals surface area contributed by atoms with Crippen molar-refractivity contribution in [1.82, 2.24) is 19.9 Å². The van der Waals surface area contributed by atoms with Gasteiger partial charge in [0, 0.05) is 22.5 Å². The molecule has 0 fully saturated rings. The summed E-state index contributed by atoms with van der Waals surface area (Å²) in [5.41, 5.74) is 4.13. The zero-order valence-corrected chi connectivity index (χ0v) is 15.0. The highest BCUT2D eigenvalue weighted by molar-refractivity contribution is 7.17. The molecule has 4 aromatic rings. The van der Waals surface area contributed by atoms with Crippen molar-refractivity contribution in [2.75, 3.05) is 14.1 Å². The van der Waals surface area contributed by atoms with Crippen LogP contribution in [-0.2, 0) is 6.54 Å². The highest BCUT2D eigenvalue weighted by atomic mass is 32.1. The van der Waals surface area contributed by atoms with E-state index in [1.54, 1.807) is 11.3 Å². The Hall–Kier alpha value is -2.63. The molecule has 1 aromatic carbocycles. The lowest BCUT2D eigenvalue weighted by molar-refractivity contribution is 0.391. The minimum absolute atomic E-state index is 0.703. The Morgan fingerprint density at radius 2 is 1.76 bits per heavy atom. The highest BCUT2D eigenvalue weighted by Crippen LogP contribution is 2.38. The summed E-state index contributed by atoms with van der Waals surface area (Å²) in [4.78, 5) is 17.3. The molecule has 0 saturated carbocycles. The first kappa shape index (κ1) is 15.9. The molecule has 4 rings (SSSR count). The second-order valence-electron chi connectivity index (χ2n) is 6.14. The zero-order chi connectivity index (χ0) is 17.2. The summed E-state index contributed by atoms with van der Waals surface area (Å²) < 4.78 is 0. The lowest BCUT2D eigenvalue weighted by Gasteiger charge is -2.11. The van der Waals surface area contributed by atoms with E-state index in [0.29, 0.717) is 6.54 Å². The molecule has 3 aromatic heterocycles. The van der Waals surface area contributed by atoms with Gasteiger partial charge in [0.1, 0.15) is 16.3 Å². The molecule has 0 bridgehead atoms. The van der Waals surface area contributed by atoms with E-state index in [9.17, 15) is 0 Å². The van der Waals surface area contributed by atoms with Gasteiger partial charge >= 0.3 is 0 Å². The molecule has 0 aliphatic carbocycles. The topological polar surface area (TPSA) is 41.9 Å². The predicted octanol–water partition coefficient (Wildman–Crippen LogP) is 4.48. The molecule has 0 atom stereocenters. The lowest BCUT2D eigenvalue weighted by Crippen LogP contribution is -2.13. The molecule has 0 aliphatic rings. The van der Waals surface area contributed by atoms with Crippen LogP contribution >= 0.6 is 11.3 Å². The Morgan fingerprint density at radius 1 is 0.960 bits per heavy atom. The van der Waals surface area contributed by atoms with Gasteiger partial charge in [-0.15, -0.1) is 11.3 Å². The van der Waals surface area contributed by atoms with E-state index < -0.39 is 0 Å². The third-order valence-electron chi connectivity index (χ3n) is 3.93. The summed E-state index contributed by atoms with van der Waals surface area (Å²) in [6.07, 6.45) is 1.81. The van der Waals surface area contributed by atoms with Crippen LogP contribution in [0.3, 0.4) is 0 Å². The van der Waals surface area contributed by atoms with E-state index in [1.165, 1.54) is 5.56 Å². The van der Waals surface area contributed by atoms with Crippen LogP contribution in [0, 0.1) is 0 Å². The van der Waals surface area contributed by atoms with Crippen molar-refractivity contribution in [3.8, 4) is 22.5 Å². The lowest BCUT2D eigenvalue weighted by atomic mass is 10.0. The molecule has 0 amide bonds. The Bertz CT molecular complexity index is 994. The van der Waals surface area contributed by atoms with Crippen LogP contribution in [0.15, 0.2) is 60.1 Å². The zero-order valence-electron chi connectivity index (χ0n) is 14.2. The first-order chi connectivity index (χ1) is 12.2. The largest absolute Gasteiger partial charge is 0.302 e. The van der Waals surface area contributed by atoms with Gasteiger partial charge < -0.3 is 4.90 Å². The van der Waals surface area contributed by atoms with E-state index in [4.69, 9.17) is 9.97 Å². The maximum absolute atomic E-state index is 4.86. The number of rotatable bonds is 4. The number of nitrogens with zero attached hydrogens (tertiary/aromatic N) is 4. The van der Waals surface area contributed by atoms with E-state index >= 15 is 0 Å². The van der Waals surface area contributed by atoms with E-state index in [-0.39, 0.29) is 0 Å². The van der Waals surface area contributed by atoms with Crippen molar-refractivity contribution in [1.29, 1.82) is 0 Å². The van der Waals surface area contributed by atoms with Crippen LogP contribution in [0.5, 0.6) is 0 Å². The molecule has 0 unspecified atom stereocenters. The van der Waals surface area contributed by atoms with E-state index in [2.05, 4.69) is 39.5 Å². The van der Waals surface area contributed by atoms with Crippen molar-refractivity contribution in [2.24, 2.45) is 0 Å². The maximum atomic E-state index is 4.86. The Labute approximate surface area is 150 Å². The van der Waals surface area contributed by atoms with Crippen molar-refractivity contribution in [3.05, 3.63) is 65.9 Å². The van der Waals surface area contributed by atoms with Crippen LogP contribution in [-0.4, -0.2) is 33.9 Å². The summed E-state index contributed by atoms with van der Waals surface area (Å²) in [5, 5.41) is 3.25. The minimum Gasteiger partial charge on any atom is -0.302 e. The van der Waals surface area contributed by atoms with Gasteiger partial charge in [-0.05, 0) is 31.8 Å². The van der Waals surface area contributed by atoms with E-state index in [1.807, 2.05) is 44.6 Å². The predicted molar refractivity (Wildman–Crippen MR) is 103 cm³/mol. The second kappa shape index (κ2) is 6.70. The summed E-state index contributed by atoms with van der Waals surface area (Å²) in [5.74, 6) is 0.819. The summed E-state index contributed by atoms with van der Waals surface area (Å²) >= 11 is 1.66. The van der Waals surface area contributed by atoms with Crippen LogP contribution in [0.25, 0.3) is 32.7 Å². The molecular weight excluding hydrogens is 328 g/mol. The van der Waals surface area contributed by atoms with Crippen molar-refractivity contribution in [2.45, 2.75) is 6.54 Å². The highest BCUT2D eigenvalue weighted by Gasteiger charge is 2.17. The van der Waals surface area contributed by atoms with Gasteiger partial charge in [-0.2, -0.15) is 0 Å².